The number of rotatable bonds is 6. The zero-order valence-electron chi connectivity index (χ0n) is 16.2. The molecule has 0 aromatic carbocycles. The summed E-state index contributed by atoms with van der Waals surface area (Å²) in [5.41, 5.74) is 1.87. The van der Waals surface area contributed by atoms with Crippen LogP contribution in [-0.2, 0) is 16.6 Å². The molecule has 1 fully saturated rings. The average Bonchev–Trinajstić information content (AvgIpc) is 2.99. The SMILES string of the molecule is Cc1nc(C[C@@H]2CCCN(S(=O)(=O)N(C)C)C2)cc(Nc2cc(C)[nH]n2)n1. The van der Waals surface area contributed by atoms with E-state index in [1.54, 1.807) is 18.4 Å². The molecule has 10 heteroatoms. The van der Waals surface area contributed by atoms with Gasteiger partial charge in [0.1, 0.15) is 11.6 Å². The summed E-state index contributed by atoms with van der Waals surface area (Å²) in [4.78, 5) is 8.96. The summed E-state index contributed by atoms with van der Waals surface area (Å²) >= 11 is 0. The standard InChI is InChI=1S/C17H27N7O2S/c1-12-8-17(22-21-12)20-16-10-15(18-13(2)19-16)9-14-6-5-7-24(11-14)27(25,26)23(3)4/h8,10,14H,5-7,9,11H2,1-4H3,(H2,18,19,20,21,22)/t14-/m0/s1. The van der Waals surface area contributed by atoms with Gasteiger partial charge in [-0.1, -0.05) is 0 Å². The first-order valence-corrected chi connectivity index (χ1v) is 10.4. The van der Waals surface area contributed by atoms with Gasteiger partial charge < -0.3 is 5.32 Å². The summed E-state index contributed by atoms with van der Waals surface area (Å²) in [6, 6.07) is 3.82. The maximum atomic E-state index is 12.4. The van der Waals surface area contributed by atoms with Crippen molar-refractivity contribution in [1.29, 1.82) is 0 Å². The summed E-state index contributed by atoms with van der Waals surface area (Å²) in [6.07, 6.45) is 2.57. The van der Waals surface area contributed by atoms with Crippen molar-refractivity contribution in [3.05, 3.63) is 29.3 Å². The second-order valence-corrected chi connectivity index (χ2v) is 9.36. The minimum Gasteiger partial charge on any atom is -0.323 e. The van der Waals surface area contributed by atoms with Crippen molar-refractivity contribution in [1.82, 2.24) is 28.8 Å². The van der Waals surface area contributed by atoms with E-state index in [1.807, 2.05) is 26.0 Å². The van der Waals surface area contributed by atoms with Crippen LogP contribution in [0.15, 0.2) is 12.1 Å². The Morgan fingerprint density at radius 2 is 2.04 bits per heavy atom. The van der Waals surface area contributed by atoms with Crippen molar-refractivity contribution >= 4 is 21.8 Å². The summed E-state index contributed by atoms with van der Waals surface area (Å²) in [7, 11) is -0.228. The summed E-state index contributed by atoms with van der Waals surface area (Å²) in [5, 5.41) is 10.2. The van der Waals surface area contributed by atoms with Gasteiger partial charge in [-0.2, -0.15) is 22.1 Å². The maximum Gasteiger partial charge on any atom is 0.281 e. The quantitative estimate of drug-likeness (QED) is 0.772. The van der Waals surface area contributed by atoms with Crippen LogP contribution in [0.5, 0.6) is 0 Å². The molecule has 1 saturated heterocycles. The van der Waals surface area contributed by atoms with Crippen molar-refractivity contribution in [2.45, 2.75) is 33.1 Å². The number of piperidine rings is 1. The Bertz CT molecular complexity index is 894. The van der Waals surface area contributed by atoms with E-state index < -0.39 is 10.2 Å². The second kappa shape index (κ2) is 7.91. The van der Waals surface area contributed by atoms with Crippen molar-refractivity contribution in [2.24, 2.45) is 5.92 Å². The zero-order valence-corrected chi connectivity index (χ0v) is 17.0. The molecule has 2 N–H and O–H groups in total. The summed E-state index contributed by atoms with van der Waals surface area (Å²) < 4.78 is 27.7. The summed E-state index contributed by atoms with van der Waals surface area (Å²) in [5.74, 6) is 2.31. The van der Waals surface area contributed by atoms with Crippen LogP contribution in [0.2, 0.25) is 0 Å². The third-order valence-electron chi connectivity index (χ3n) is 4.62. The number of aromatic amines is 1. The molecule has 0 aliphatic carbocycles. The first-order chi connectivity index (χ1) is 12.7. The number of aromatic nitrogens is 4. The molecule has 1 aliphatic heterocycles. The molecule has 2 aromatic heterocycles. The monoisotopic (exact) mass is 393 g/mol. The Balaban J connectivity index is 1.71. The van der Waals surface area contributed by atoms with Crippen LogP contribution in [-0.4, -0.2) is 64.4 Å². The van der Waals surface area contributed by atoms with Gasteiger partial charge in [0.05, 0.1) is 0 Å². The van der Waals surface area contributed by atoms with Crippen LogP contribution < -0.4 is 5.32 Å². The molecule has 3 heterocycles. The first-order valence-electron chi connectivity index (χ1n) is 9.05. The second-order valence-electron chi connectivity index (χ2n) is 7.21. The lowest BCUT2D eigenvalue weighted by atomic mass is 9.94. The van der Waals surface area contributed by atoms with E-state index in [1.165, 1.54) is 4.31 Å². The molecule has 148 valence electrons. The molecular formula is C17H27N7O2S. The fourth-order valence-corrected chi connectivity index (χ4v) is 4.56. The van der Waals surface area contributed by atoms with Gasteiger partial charge >= 0.3 is 0 Å². The number of hydrogen-bond acceptors (Lipinski definition) is 6. The van der Waals surface area contributed by atoms with E-state index in [0.717, 1.165) is 30.7 Å². The third kappa shape index (κ3) is 4.82. The normalized spacial score (nSPS) is 18.8. The van der Waals surface area contributed by atoms with Gasteiger partial charge in [0, 0.05) is 50.7 Å². The largest absolute Gasteiger partial charge is 0.323 e. The molecule has 0 bridgehead atoms. The van der Waals surface area contributed by atoms with Crippen LogP contribution in [0.1, 0.15) is 30.1 Å². The third-order valence-corrected chi connectivity index (χ3v) is 6.53. The smallest absolute Gasteiger partial charge is 0.281 e. The van der Waals surface area contributed by atoms with E-state index in [9.17, 15) is 8.42 Å². The average molecular weight is 394 g/mol. The van der Waals surface area contributed by atoms with Crippen LogP contribution in [0.25, 0.3) is 0 Å². The molecule has 1 atom stereocenters. The van der Waals surface area contributed by atoms with Gasteiger partial charge in [0.25, 0.3) is 10.2 Å². The Labute approximate surface area is 160 Å². The minimum atomic E-state index is -3.37. The molecule has 0 amide bonds. The molecule has 0 saturated carbocycles. The highest BCUT2D eigenvalue weighted by Crippen LogP contribution is 2.24. The Hall–Kier alpha value is -2.04. The minimum absolute atomic E-state index is 0.239. The van der Waals surface area contributed by atoms with Gasteiger partial charge in [-0.25, -0.2) is 9.97 Å². The topological polar surface area (TPSA) is 107 Å². The molecule has 2 aromatic rings. The van der Waals surface area contributed by atoms with Crippen LogP contribution in [0, 0.1) is 19.8 Å². The Morgan fingerprint density at radius 1 is 1.26 bits per heavy atom. The highest BCUT2D eigenvalue weighted by molar-refractivity contribution is 7.86. The number of aryl methyl sites for hydroxylation is 2. The van der Waals surface area contributed by atoms with Gasteiger partial charge in [-0.05, 0) is 39.0 Å². The van der Waals surface area contributed by atoms with E-state index in [0.29, 0.717) is 30.5 Å². The fraction of sp³-hybridized carbons (Fsp3) is 0.588. The summed E-state index contributed by atoms with van der Waals surface area (Å²) in [6.45, 7) is 4.88. The van der Waals surface area contributed by atoms with E-state index >= 15 is 0 Å². The maximum absolute atomic E-state index is 12.4. The van der Waals surface area contributed by atoms with Crippen LogP contribution in [0.4, 0.5) is 11.6 Å². The van der Waals surface area contributed by atoms with Crippen LogP contribution in [0.3, 0.4) is 0 Å². The number of hydrogen-bond donors (Lipinski definition) is 2. The first kappa shape index (κ1) is 19.7. The van der Waals surface area contributed by atoms with Crippen LogP contribution >= 0.6 is 0 Å². The zero-order chi connectivity index (χ0) is 19.6. The molecule has 0 radical (unpaired) electrons. The van der Waals surface area contributed by atoms with Crippen molar-refractivity contribution < 1.29 is 8.42 Å². The lowest BCUT2D eigenvalue weighted by Crippen LogP contribution is -2.45. The predicted molar refractivity (Wildman–Crippen MR) is 104 cm³/mol. The Kier molecular flexibility index (Phi) is 5.78. The van der Waals surface area contributed by atoms with Crippen molar-refractivity contribution in [3.63, 3.8) is 0 Å². The number of anilines is 2. The molecule has 0 spiro atoms. The van der Waals surface area contributed by atoms with E-state index in [-0.39, 0.29) is 5.92 Å². The number of H-pyrrole nitrogens is 1. The molecule has 1 aliphatic rings. The van der Waals surface area contributed by atoms with Gasteiger partial charge in [0.15, 0.2) is 5.82 Å². The van der Waals surface area contributed by atoms with Gasteiger partial charge in [-0.3, -0.25) is 5.10 Å². The predicted octanol–water partition coefficient (Wildman–Crippen LogP) is 1.62. The van der Waals surface area contributed by atoms with Gasteiger partial charge in [0.2, 0.25) is 0 Å². The number of nitrogens with one attached hydrogen (secondary N) is 2. The number of nitrogens with zero attached hydrogens (tertiary/aromatic N) is 5. The Morgan fingerprint density at radius 3 is 2.70 bits per heavy atom. The van der Waals surface area contributed by atoms with Gasteiger partial charge in [-0.15, -0.1) is 0 Å². The molecule has 9 nitrogen and oxygen atoms in total. The lowest BCUT2D eigenvalue weighted by Gasteiger charge is -2.33. The highest BCUT2D eigenvalue weighted by Gasteiger charge is 2.30. The highest BCUT2D eigenvalue weighted by atomic mass is 32.2. The molecule has 27 heavy (non-hydrogen) atoms. The molecule has 0 unspecified atom stereocenters. The molecular weight excluding hydrogens is 366 g/mol. The van der Waals surface area contributed by atoms with Crippen molar-refractivity contribution in [3.8, 4) is 0 Å². The molecule has 3 rings (SSSR count). The lowest BCUT2D eigenvalue weighted by molar-refractivity contribution is 0.253. The van der Waals surface area contributed by atoms with E-state index in [4.69, 9.17) is 0 Å². The van der Waals surface area contributed by atoms with Crippen molar-refractivity contribution in [2.75, 3.05) is 32.5 Å². The fourth-order valence-electron chi connectivity index (χ4n) is 3.34. The van der Waals surface area contributed by atoms with E-state index in [2.05, 4.69) is 25.5 Å².